The van der Waals surface area contributed by atoms with Crippen molar-refractivity contribution < 1.29 is 0 Å². The first-order valence-corrected chi connectivity index (χ1v) is 7.20. The van der Waals surface area contributed by atoms with Crippen molar-refractivity contribution in [2.75, 3.05) is 0 Å². The van der Waals surface area contributed by atoms with Gasteiger partial charge in [0, 0.05) is 46.1 Å². The summed E-state index contributed by atoms with van der Waals surface area (Å²) < 4.78 is 3.02. The smallest absolute Gasteiger partial charge is 0.0638 e. The summed E-state index contributed by atoms with van der Waals surface area (Å²) in [4.78, 5) is 1.35. The maximum atomic E-state index is 4.34. The molecule has 0 aliphatic carbocycles. The zero-order valence-corrected chi connectivity index (χ0v) is 12.6. The molecule has 0 bridgehead atoms. The second kappa shape index (κ2) is 5.33. The van der Waals surface area contributed by atoms with Gasteiger partial charge in [-0.2, -0.15) is 5.10 Å². The normalized spacial score (nSPS) is 12.9. The number of hydrogen-bond acceptors (Lipinski definition) is 3. The minimum atomic E-state index is 0.367. The van der Waals surface area contributed by atoms with Gasteiger partial charge in [0.25, 0.3) is 0 Å². The molecule has 2 rings (SSSR count). The Hall–Kier alpha value is -0.650. The molecular formula is C12H16BrN3S. The van der Waals surface area contributed by atoms with Crippen molar-refractivity contribution in [3.63, 3.8) is 0 Å². The molecule has 0 aliphatic heterocycles. The lowest BCUT2D eigenvalue weighted by atomic mass is 10.2. The molecule has 5 heteroatoms. The van der Waals surface area contributed by atoms with Crippen LogP contribution in [0.1, 0.15) is 29.1 Å². The molecule has 1 N–H and O–H groups in total. The maximum Gasteiger partial charge on any atom is 0.0638 e. The molecule has 0 amide bonds. The number of halogens is 1. The van der Waals surface area contributed by atoms with E-state index in [1.807, 2.05) is 18.7 Å². The van der Waals surface area contributed by atoms with Crippen molar-refractivity contribution in [1.82, 2.24) is 15.1 Å². The van der Waals surface area contributed by atoms with Gasteiger partial charge < -0.3 is 5.32 Å². The fourth-order valence-electron chi connectivity index (χ4n) is 1.74. The zero-order valence-electron chi connectivity index (χ0n) is 10.2. The Labute approximate surface area is 114 Å². The monoisotopic (exact) mass is 313 g/mol. The van der Waals surface area contributed by atoms with E-state index in [-0.39, 0.29) is 0 Å². The number of aryl methyl sites for hydroxylation is 2. The van der Waals surface area contributed by atoms with E-state index in [1.165, 1.54) is 10.4 Å². The third-order valence-electron chi connectivity index (χ3n) is 2.73. The molecule has 0 radical (unpaired) electrons. The minimum absolute atomic E-state index is 0.367. The Balaban J connectivity index is 1.96. The van der Waals surface area contributed by atoms with Crippen LogP contribution in [-0.4, -0.2) is 9.78 Å². The standard InChI is InChI=1S/C12H16BrN3S/c1-8-10(6-16(3)15-8)5-14-9(2)12-4-11(13)7-17-12/h4,6-7,9,14H,5H2,1-3H3. The Morgan fingerprint density at radius 1 is 1.59 bits per heavy atom. The second-order valence-corrected chi connectivity index (χ2v) is 6.04. The van der Waals surface area contributed by atoms with E-state index in [0.29, 0.717) is 6.04 Å². The lowest BCUT2D eigenvalue weighted by Gasteiger charge is -2.11. The summed E-state index contributed by atoms with van der Waals surface area (Å²) in [7, 11) is 1.95. The fourth-order valence-corrected chi connectivity index (χ4v) is 3.22. The molecule has 92 valence electrons. The van der Waals surface area contributed by atoms with Gasteiger partial charge in [0.15, 0.2) is 0 Å². The largest absolute Gasteiger partial charge is 0.305 e. The highest BCUT2D eigenvalue weighted by atomic mass is 79.9. The van der Waals surface area contributed by atoms with Crippen molar-refractivity contribution in [1.29, 1.82) is 0 Å². The van der Waals surface area contributed by atoms with E-state index < -0.39 is 0 Å². The number of aromatic nitrogens is 2. The van der Waals surface area contributed by atoms with E-state index in [0.717, 1.165) is 16.7 Å². The van der Waals surface area contributed by atoms with Crippen LogP contribution in [-0.2, 0) is 13.6 Å². The predicted octanol–water partition coefficient (Wildman–Crippen LogP) is 3.40. The quantitative estimate of drug-likeness (QED) is 0.937. The molecule has 0 spiro atoms. The van der Waals surface area contributed by atoms with Crippen LogP contribution in [0.3, 0.4) is 0 Å². The maximum absolute atomic E-state index is 4.34. The summed E-state index contributed by atoms with van der Waals surface area (Å²) in [6.07, 6.45) is 2.07. The highest BCUT2D eigenvalue weighted by molar-refractivity contribution is 9.10. The second-order valence-electron chi connectivity index (χ2n) is 4.18. The Morgan fingerprint density at radius 2 is 2.35 bits per heavy atom. The SMILES string of the molecule is Cc1nn(C)cc1CNC(C)c1cc(Br)cs1. The molecule has 0 saturated carbocycles. The molecular weight excluding hydrogens is 298 g/mol. The first-order valence-electron chi connectivity index (χ1n) is 5.52. The lowest BCUT2D eigenvalue weighted by molar-refractivity contribution is 0.581. The first-order chi connectivity index (χ1) is 8.06. The third-order valence-corrected chi connectivity index (χ3v) is 4.60. The minimum Gasteiger partial charge on any atom is -0.305 e. The van der Waals surface area contributed by atoms with Gasteiger partial charge in [0.2, 0.25) is 0 Å². The van der Waals surface area contributed by atoms with Crippen LogP contribution in [0.15, 0.2) is 22.1 Å². The Bertz CT molecular complexity index is 504. The molecule has 3 nitrogen and oxygen atoms in total. The predicted molar refractivity (Wildman–Crippen MR) is 75.2 cm³/mol. The van der Waals surface area contributed by atoms with Crippen molar-refractivity contribution in [2.24, 2.45) is 7.05 Å². The zero-order chi connectivity index (χ0) is 12.4. The summed E-state index contributed by atoms with van der Waals surface area (Å²) in [5.74, 6) is 0. The molecule has 2 aromatic rings. The van der Waals surface area contributed by atoms with E-state index in [1.54, 1.807) is 11.3 Å². The Kier molecular flexibility index (Phi) is 4.01. The van der Waals surface area contributed by atoms with Gasteiger partial charge in [-0.05, 0) is 35.8 Å². The van der Waals surface area contributed by atoms with Gasteiger partial charge in [0.1, 0.15) is 0 Å². The van der Waals surface area contributed by atoms with Gasteiger partial charge >= 0.3 is 0 Å². The molecule has 1 atom stereocenters. The van der Waals surface area contributed by atoms with Crippen molar-refractivity contribution in [3.05, 3.63) is 38.3 Å². The summed E-state index contributed by atoms with van der Waals surface area (Å²) in [6.45, 7) is 5.09. The molecule has 0 saturated heterocycles. The van der Waals surface area contributed by atoms with Crippen LogP contribution < -0.4 is 5.32 Å². The van der Waals surface area contributed by atoms with Gasteiger partial charge in [-0.3, -0.25) is 4.68 Å². The molecule has 0 aromatic carbocycles. The van der Waals surface area contributed by atoms with Crippen molar-refractivity contribution in [3.8, 4) is 0 Å². The van der Waals surface area contributed by atoms with Gasteiger partial charge in [0.05, 0.1) is 5.69 Å². The topological polar surface area (TPSA) is 29.9 Å². The van der Waals surface area contributed by atoms with Gasteiger partial charge in [-0.1, -0.05) is 0 Å². The highest BCUT2D eigenvalue weighted by Crippen LogP contribution is 2.25. The van der Waals surface area contributed by atoms with Gasteiger partial charge in [-0.15, -0.1) is 11.3 Å². The van der Waals surface area contributed by atoms with E-state index in [4.69, 9.17) is 0 Å². The van der Waals surface area contributed by atoms with E-state index in [2.05, 4.69) is 50.9 Å². The molecule has 2 aromatic heterocycles. The van der Waals surface area contributed by atoms with E-state index >= 15 is 0 Å². The fraction of sp³-hybridized carbons (Fsp3) is 0.417. The van der Waals surface area contributed by atoms with Crippen LogP contribution in [0.5, 0.6) is 0 Å². The molecule has 0 aliphatic rings. The van der Waals surface area contributed by atoms with Crippen LogP contribution in [0.25, 0.3) is 0 Å². The molecule has 1 unspecified atom stereocenters. The average molecular weight is 314 g/mol. The average Bonchev–Trinajstić information content (AvgIpc) is 2.82. The van der Waals surface area contributed by atoms with Crippen molar-refractivity contribution >= 4 is 27.3 Å². The molecule has 17 heavy (non-hydrogen) atoms. The third kappa shape index (κ3) is 3.18. The lowest BCUT2D eigenvalue weighted by Crippen LogP contribution is -2.17. The van der Waals surface area contributed by atoms with Crippen molar-refractivity contribution in [2.45, 2.75) is 26.4 Å². The Morgan fingerprint density at radius 3 is 2.88 bits per heavy atom. The summed E-state index contributed by atoms with van der Waals surface area (Å²) in [6, 6.07) is 2.53. The number of nitrogens with zero attached hydrogens (tertiary/aromatic N) is 2. The van der Waals surface area contributed by atoms with Crippen LogP contribution >= 0.6 is 27.3 Å². The van der Waals surface area contributed by atoms with Crippen LogP contribution in [0.4, 0.5) is 0 Å². The first kappa shape index (κ1) is 12.8. The number of thiophene rings is 1. The summed E-state index contributed by atoms with van der Waals surface area (Å²) in [5, 5.41) is 9.97. The molecule has 2 heterocycles. The van der Waals surface area contributed by atoms with Crippen LogP contribution in [0.2, 0.25) is 0 Å². The summed E-state index contributed by atoms with van der Waals surface area (Å²) >= 11 is 5.25. The summed E-state index contributed by atoms with van der Waals surface area (Å²) in [5.41, 5.74) is 2.36. The van der Waals surface area contributed by atoms with Gasteiger partial charge in [-0.25, -0.2) is 0 Å². The number of nitrogens with one attached hydrogen (secondary N) is 1. The molecule has 0 fully saturated rings. The number of hydrogen-bond donors (Lipinski definition) is 1. The highest BCUT2D eigenvalue weighted by Gasteiger charge is 2.09. The van der Waals surface area contributed by atoms with E-state index in [9.17, 15) is 0 Å². The van der Waals surface area contributed by atoms with Crippen LogP contribution in [0, 0.1) is 6.92 Å². The number of rotatable bonds is 4.